The molecule has 2 aliphatic heterocycles. The Bertz CT molecular complexity index is 782. The first-order chi connectivity index (χ1) is 11.2. The van der Waals surface area contributed by atoms with Crippen molar-refractivity contribution in [3.05, 3.63) is 35.3 Å². The number of imidazole rings is 1. The number of phenolic OH excluding ortho intramolecular Hbond substituents is 1. The zero-order valence-corrected chi connectivity index (χ0v) is 13.0. The topological polar surface area (TPSA) is 76.4 Å². The van der Waals surface area contributed by atoms with Crippen molar-refractivity contribution >= 4 is 11.7 Å². The fraction of sp³-hybridized carbons (Fsp3) is 0.412. The highest BCUT2D eigenvalue weighted by atomic mass is 16.5. The van der Waals surface area contributed by atoms with Gasteiger partial charge < -0.3 is 19.7 Å². The Morgan fingerprint density at radius 3 is 3.09 bits per heavy atom. The summed E-state index contributed by atoms with van der Waals surface area (Å²) in [5, 5.41) is 12.8. The van der Waals surface area contributed by atoms with Crippen molar-refractivity contribution in [3.63, 3.8) is 0 Å². The largest absolute Gasteiger partial charge is 0.504 e. The Labute approximate surface area is 134 Å². The van der Waals surface area contributed by atoms with E-state index in [2.05, 4.69) is 9.88 Å². The SMILES string of the molecule is COc1cc(C2CC(=O)Nc3c2nc2n3CCCC2)ccc1O. The summed E-state index contributed by atoms with van der Waals surface area (Å²) in [5.74, 6) is 2.31. The maximum absolute atomic E-state index is 12.2. The third-order valence-electron chi connectivity index (χ3n) is 4.69. The minimum atomic E-state index is -0.105. The van der Waals surface area contributed by atoms with E-state index >= 15 is 0 Å². The first kappa shape index (κ1) is 14.1. The lowest BCUT2D eigenvalue weighted by Gasteiger charge is -2.24. The van der Waals surface area contributed by atoms with Crippen LogP contribution in [-0.2, 0) is 17.8 Å². The van der Waals surface area contributed by atoms with Crippen LogP contribution in [0.15, 0.2) is 18.2 Å². The Balaban J connectivity index is 1.82. The second-order valence-corrected chi connectivity index (χ2v) is 6.11. The molecule has 120 valence electrons. The minimum Gasteiger partial charge on any atom is -0.504 e. The number of nitrogens with one attached hydrogen (secondary N) is 1. The highest BCUT2D eigenvalue weighted by molar-refractivity contribution is 5.94. The second-order valence-electron chi connectivity index (χ2n) is 6.11. The van der Waals surface area contributed by atoms with E-state index < -0.39 is 0 Å². The molecule has 0 spiro atoms. The van der Waals surface area contributed by atoms with Crippen molar-refractivity contribution < 1.29 is 14.6 Å². The smallest absolute Gasteiger partial charge is 0.226 e. The minimum absolute atomic E-state index is 0.00261. The highest BCUT2D eigenvalue weighted by Gasteiger charge is 2.33. The molecule has 2 aliphatic rings. The summed E-state index contributed by atoms with van der Waals surface area (Å²) >= 11 is 0. The first-order valence-electron chi connectivity index (χ1n) is 7.93. The van der Waals surface area contributed by atoms with Crippen LogP contribution in [-0.4, -0.2) is 27.7 Å². The fourth-order valence-electron chi connectivity index (χ4n) is 3.53. The van der Waals surface area contributed by atoms with Crippen LogP contribution >= 0.6 is 0 Å². The molecule has 6 heteroatoms. The average molecular weight is 313 g/mol. The van der Waals surface area contributed by atoms with Gasteiger partial charge in [-0.2, -0.15) is 0 Å². The number of hydrogen-bond acceptors (Lipinski definition) is 4. The lowest BCUT2D eigenvalue weighted by molar-refractivity contribution is -0.116. The van der Waals surface area contributed by atoms with Gasteiger partial charge in [-0.25, -0.2) is 4.98 Å². The molecule has 2 aromatic rings. The molecule has 1 aromatic heterocycles. The number of benzene rings is 1. The Morgan fingerprint density at radius 2 is 2.26 bits per heavy atom. The number of ether oxygens (including phenoxy) is 1. The van der Waals surface area contributed by atoms with Gasteiger partial charge in [0.15, 0.2) is 11.5 Å². The van der Waals surface area contributed by atoms with Crippen LogP contribution in [0.5, 0.6) is 11.5 Å². The standard InChI is InChI=1S/C17H19N3O3/c1-23-13-8-10(5-6-12(13)21)11-9-15(22)19-17-16(11)18-14-4-2-3-7-20(14)17/h5-6,8,11,21H,2-4,7,9H2,1H3,(H,19,22). The molecule has 1 amide bonds. The van der Waals surface area contributed by atoms with E-state index in [1.54, 1.807) is 12.1 Å². The van der Waals surface area contributed by atoms with Gasteiger partial charge in [-0.1, -0.05) is 6.07 Å². The zero-order chi connectivity index (χ0) is 16.0. The number of aromatic nitrogens is 2. The van der Waals surface area contributed by atoms with Gasteiger partial charge in [-0.15, -0.1) is 0 Å². The fourth-order valence-corrected chi connectivity index (χ4v) is 3.53. The normalized spacial score (nSPS) is 19.7. The Kier molecular flexibility index (Phi) is 3.25. The van der Waals surface area contributed by atoms with Gasteiger partial charge in [0.2, 0.25) is 5.91 Å². The summed E-state index contributed by atoms with van der Waals surface area (Å²) in [7, 11) is 1.52. The number of aromatic hydroxyl groups is 1. The van der Waals surface area contributed by atoms with Crippen LogP contribution in [0.2, 0.25) is 0 Å². The number of amides is 1. The van der Waals surface area contributed by atoms with Gasteiger partial charge in [0.05, 0.1) is 12.8 Å². The number of carbonyl (C=O) groups excluding carboxylic acids is 1. The number of anilines is 1. The molecule has 1 aromatic carbocycles. The van der Waals surface area contributed by atoms with Gasteiger partial charge >= 0.3 is 0 Å². The molecular formula is C17H19N3O3. The van der Waals surface area contributed by atoms with Crippen molar-refractivity contribution in [2.24, 2.45) is 0 Å². The lowest BCUT2D eigenvalue weighted by atomic mass is 9.89. The monoisotopic (exact) mass is 313 g/mol. The second kappa shape index (κ2) is 5.30. The number of fused-ring (bicyclic) bond motifs is 3. The van der Waals surface area contributed by atoms with E-state index in [-0.39, 0.29) is 17.6 Å². The highest BCUT2D eigenvalue weighted by Crippen LogP contribution is 2.40. The van der Waals surface area contributed by atoms with Crippen molar-refractivity contribution in [1.29, 1.82) is 0 Å². The predicted octanol–water partition coefficient (Wildman–Crippen LogP) is 2.41. The first-order valence-corrected chi connectivity index (χ1v) is 7.93. The van der Waals surface area contributed by atoms with Crippen molar-refractivity contribution in [3.8, 4) is 11.5 Å². The van der Waals surface area contributed by atoms with Crippen LogP contribution in [0.1, 0.15) is 42.3 Å². The molecule has 0 saturated carbocycles. The van der Waals surface area contributed by atoms with Crippen molar-refractivity contribution in [2.45, 2.75) is 38.1 Å². The maximum Gasteiger partial charge on any atom is 0.226 e. The van der Waals surface area contributed by atoms with E-state index in [4.69, 9.17) is 9.72 Å². The molecule has 6 nitrogen and oxygen atoms in total. The number of phenols is 1. The zero-order valence-electron chi connectivity index (χ0n) is 13.0. The molecule has 0 bridgehead atoms. The van der Waals surface area contributed by atoms with Gasteiger partial charge in [-0.3, -0.25) is 4.79 Å². The predicted molar refractivity (Wildman–Crippen MR) is 84.9 cm³/mol. The number of nitrogens with zero attached hydrogens (tertiary/aromatic N) is 2. The van der Waals surface area contributed by atoms with Gasteiger partial charge in [-0.05, 0) is 30.5 Å². The van der Waals surface area contributed by atoms with Crippen LogP contribution in [0.3, 0.4) is 0 Å². The Hall–Kier alpha value is -2.50. The maximum atomic E-state index is 12.2. The van der Waals surface area contributed by atoms with E-state index in [1.807, 2.05) is 6.07 Å². The van der Waals surface area contributed by atoms with Crippen LogP contribution in [0, 0.1) is 0 Å². The van der Waals surface area contributed by atoms with Crippen molar-refractivity contribution in [1.82, 2.24) is 9.55 Å². The third kappa shape index (κ3) is 2.25. The third-order valence-corrected chi connectivity index (χ3v) is 4.69. The summed E-state index contributed by atoms with van der Waals surface area (Å²) in [5.41, 5.74) is 1.86. The summed E-state index contributed by atoms with van der Waals surface area (Å²) < 4.78 is 7.34. The molecule has 2 N–H and O–H groups in total. The Morgan fingerprint density at radius 1 is 1.39 bits per heavy atom. The number of carbonyl (C=O) groups is 1. The van der Waals surface area contributed by atoms with Gasteiger partial charge in [0.1, 0.15) is 11.6 Å². The summed E-state index contributed by atoms with van der Waals surface area (Å²) in [6, 6.07) is 5.24. The number of aryl methyl sites for hydroxylation is 1. The molecule has 23 heavy (non-hydrogen) atoms. The average Bonchev–Trinajstić information content (AvgIpc) is 2.93. The molecule has 0 aliphatic carbocycles. The number of methoxy groups -OCH3 is 1. The van der Waals surface area contributed by atoms with Gasteiger partial charge in [0.25, 0.3) is 0 Å². The van der Waals surface area contributed by atoms with E-state index in [1.165, 1.54) is 7.11 Å². The summed E-state index contributed by atoms with van der Waals surface area (Å²) in [4.78, 5) is 17.0. The van der Waals surface area contributed by atoms with E-state index in [9.17, 15) is 9.90 Å². The van der Waals surface area contributed by atoms with Crippen LogP contribution in [0.4, 0.5) is 5.82 Å². The molecular weight excluding hydrogens is 294 g/mol. The molecule has 1 unspecified atom stereocenters. The molecule has 3 heterocycles. The molecule has 0 saturated heterocycles. The summed E-state index contributed by atoms with van der Waals surface area (Å²) in [6.07, 6.45) is 3.57. The van der Waals surface area contributed by atoms with E-state index in [0.29, 0.717) is 12.2 Å². The van der Waals surface area contributed by atoms with Crippen molar-refractivity contribution in [2.75, 3.05) is 12.4 Å². The molecule has 4 rings (SSSR count). The quantitative estimate of drug-likeness (QED) is 0.892. The molecule has 0 fully saturated rings. The number of rotatable bonds is 2. The molecule has 0 radical (unpaired) electrons. The van der Waals surface area contributed by atoms with Gasteiger partial charge in [0, 0.05) is 25.3 Å². The lowest BCUT2D eigenvalue weighted by Crippen LogP contribution is -2.25. The molecule has 1 atom stereocenters. The van der Waals surface area contributed by atoms with Crippen LogP contribution in [0.25, 0.3) is 0 Å². The van der Waals surface area contributed by atoms with E-state index in [0.717, 1.165) is 48.7 Å². The number of hydrogen-bond donors (Lipinski definition) is 2. The van der Waals surface area contributed by atoms with Crippen LogP contribution < -0.4 is 10.1 Å². The summed E-state index contributed by atoms with van der Waals surface area (Å²) in [6.45, 7) is 0.906.